The predicted molar refractivity (Wildman–Crippen MR) is 93.6 cm³/mol. The number of nitrogens with one attached hydrogen (secondary N) is 1. The van der Waals surface area contributed by atoms with Gasteiger partial charge < -0.3 is 4.74 Å². The van der Waals surface area contributed by atoms with Gasteiger partial charge in [0.25, 0.3) is 0 Å². The Kier molecular flexibility index (Phi) is 6.09. The van der Waals surface area contributed by atoms with E-state index in [4.69, 9.17) is 4.74 Å². The van der Waals surface area contributed by atoms with E-state index < -0.39 is 5.97 Å². The van der Waals surface area contributed by atoms with Crippen LogP contribution in [-0.2, 0) is 11.3 Å². The summed E-state index contributed by atoms with van der Waals surface area (Å²) < 4.78 is 5.01. The summed E-state index contributed by atoms with van der Waals surface area (Å²) in [6.45, 7) is 11.8. The second-order valence-corrected chi connectivity index (χ2v) is 6.30. The lowest BCUT2D eigenvalue weighted by Gasteiger charge is -2.30. The molecule has 2 rings (SSSR count). The average molecular weight is 330 g/mol. The maximum Gasteiger partial charge on any atom is 0.361 e. The highest BCUT2D eigenvalue weighted by atomic mass is 16.5. The summed E-state index contributed by atoms with van der Waals surface area (Å²) in [5.74, 6) is -0.462. The first-order valence-corrected chi connectivity index (χ1v) is 8.37. The van der Waals surface area contributed by atoms with Crippen LogP contribution in [0.25, 0.3) is 11.3 Å². The fraction of sp³-hybridized carbons (Fsp3) is 0.500. The molecule has 0 bridgehead atoms. The van der Waals surface area contributed by atoms with Crippen molar-refractivity contribution in [2.24, 2.45) is 0 Å². The lowest BCUT2D eigenvalue weighted by molar-refractivity contribution is 0.0520. The molecule has 1 N–H and O–H groups in total. The first-order valence-electron chi connectivity index (χ1n) is 8.37. The van der Waals surface area contributed by atoms with E-state index in [1.165, 1.54) is 5.56 Å². The third-order valence-electron chi connectivity index (χ3n) is 3.94. The molecule has 1 aromatic carbocycles. The van der Waals surface area contributed by atoms with Crippen molar-refractivity contribution in [3.8, 4) is 11.3 Å². The molecule has 6 heteroatoms. The second kappa shape index (κ2) is 8.06. The van der Waals surface area contributed by atoms with Gasteiger partial charge in [-0.05, 0) is 40.2 Å². The van der Waals surface area contributed by atoms with E-state index in [1.54, 1.807) is 6.92 Å². The molecule has 0 saturated heterocycles. The quantitative estimate of drug-likeness (QED) is 0.789. The van der Waals surface area contributed by atoms with Crippen molar-refractivity contribution in [2.45, 2.75) is 53.2 Å². The van der Waals surface area contributed by atoms with Gasteiger partial charge in [-0.15, -0.1) is 5.10 Å². The molecule has 0 fully saturated rings. The number of hydrogen-bond acceptors (Lipinski definition) is 5. The maximum absolute atomic E-state index is 11.9. The van der Waals surface area contributed by atoms with Crippen molar-refractivity contribution in [1.29, 1.82) is 0 Å². The number of benzene rings is 1. The first kappa shape index (κ1) is 18.1. The van der Waals surface area contributed by atoms with Crippen LogP contribution in [0.5, 0.6) is 0 Å². The lowest BCUT2D eigenvalue weighted by Crippen LogP contribution is -2.36. The summed E-state index contributed by atoms with van der Waals surface area (Å²) in [6.07, 6.45) is 0. The zero-order valence-corrected chi connectivity index (χ0v) is 15.0. The molecule has 0 aliphatic heterocycles. The molecule has 0 saturated carbocycles. The topological polar surface area (TPSA) is 71.1 Å². The molecule has 0 aliphatic rings. The van der Waals surface area contributed by atoms with Crippen LogP contribution in [0.3, 0.4) is 0 Å². The summed E-state index contributed by atoms with van der Waals surface area (Å²) in [5, 5.41) is 10.5. The van der Waals surface area contributed by atoms with Crippen molar-refractivity contribution < 1.29 is 9.53 Å². The van der Waals surface area contributed by atoms with Crippen LogP contribution in [0.4, 0.5) is 0 Å². The smallest absolute Gasteiger partial charge is 0.361 e. The minimum Gasteiger partial charge on any atom is -0.461 e. The molecular formula is C18H26N4O2. The van der Waals surface area contributed by atoms with Gasteiger partial charge in [0.05, 0.1) is 6.61 Å². The highest BCUT2D eigenvalue weighted by Crippen LogP contribution is 2.22. The zero-order valence-electron chi connectivity index (χ0n) is 15.0. The van der Waals surface area contributed by atoms with Gasteiger partial charge in [-0.25, -0.2) is 4.79 Å². The molecule has 0 aliphatic carbocycles. The predicted octanol–water partition coefficient (Wildman–Crippen LogP) is 3.27. The van der Waals surface area contributed by atoms with Gasteiger partial charge in [0.15, 0.2) is 5.69 Å². The van der Waals surface area contributed by atoms with Gasteiger partial charge in [0, 0.05) is 24.2 Å². The van der Waals surface area contributed by atoms with E-state index in [1.807, 2.05) is 12.1 Å². The number of aromatic nitrogens is 3. The minimum absolute atomic E-state index is 0.218. The zero-order chi connectivity index (χ0) is 17.7. The number of ether oxygens (including phenoxy) is 1. The normalized spacial score (nSPS) is 11.5. The number of carbonyl (C=O) groups excluding carboxylic acids is 1. The number of H-pyrrole nitrogens is 1. The second-order valence-electron chi connectivity index (χ2n) is 6.30. The Labute approximate surface area is 143 Å². The Hall–Kier alpha value is -2.21. The van der Waals surface area contributed by atoms with Crippen LogP contribution in [0, 0.1) is 0 Å². The van der Waals surface area contributed by atoms with Gasteiger partial charge in [-0.3, -0.25) is 4.90 Å². The largest absolute Gasteiger partial charge is 0.461 e. The minimum atomic E-state index is -0.462. The van der Waals surface area contributed by atoms with Crippen molar-refractivity contribution in [1.82, 2.24) is 20.3 Å². The van der Waals surface area contributed by atoms with Crippen LogP contribution < -0.4 is 0 Å². The molecule has 0 atom stereocenters. The SMILES string of the molecule is CCOC(=O)c1n[nH]nc1-c1ccc(CN(C(C)C)C(C)C)cc1. The molecule has 1 heterocycles. The van der Waals surface area contributed by atoms with Crippen molar-refractivity contribution in [2.75, 3.05) is 6.61 Å². The van der Waals surface area contributed by atoms with E-state index in [9.17, 15) is 4.79 Å². The van der Waals surface area contributed by atoms with E-state index in [0.29, 0.717) is 24.4 Å². The third-order valence-corrected chi connectivity index (χ3v) is 3.94. The number of rotatable bonds is 7. The Morgan fingerprint density at radius 3 is 2.29 bits per heavy atom. The van der Waals surface area contributed by atoms with E-state index >= 15 is 0 Å². The number of carbonyl (C=O) groups is 1. The van der Waals surface area contributed by atoms with Crippen LogP contribution >= 0.6 is 0 Å². The number of nitrogens with zero attached hydrogens (tertiary/aromatic N) is 3. The van der Waals surface area contributed by atoms with Crippen LogP contribution in [0.15, 0.2) is 24.3 Å². The molecule has 2 aromatic rings. The third kappa shape index (κ3) is 4.20. The van der Waals surface area contributed by atoms with E-state index in [-0.39, 0.29) is 5.69 Å². The number of aromatic amines is 1. The average Bonchev–Trinajstić information content (AvgIpc) is 3.02. The molecule has 0 unspecified atom stereocenters. The molecular weight excluding hydrogens is 304 g/mol. The molecule has 0 amide bonds. The van der Waals surface area contributed by atoms with Gasteiger partial charge in [0.1, 0.15) is 5.69 Å². The van der Waals surface area contributed by atoms with E-state index in [0.717, 1.165) is 12.1 Å². The van der Waals surface area contributed by atoms with Gasteiger partial charge >= 0.3 is 5.97 Å². The molecule has 24 heavy (non-hydrogen) atoms. The fourth-order valence-corrected chi connectivity index (χ4v) is 2.71. The summed E-state index contributed by atoms with van der Waals surface area (Å²) in [4.78, 5) is 14.3. The van der Waals surface area contributed by atoms with Crippen LogP contribution in [-0.4, -0.2) is 45.0 Å². The Balaban J connectivity index is 2.18. The highest BCUT2D eigenvalue weighted by Gasteiger charge is 2.19. The fourth-order valence-electron chi connectivity index (χ4n) is 2.71. The van der Waals surface area contributed by atoms with Gasteiger partial charge in [-0.1, -0.05) is 24.3 Å². The maximum atomic E-state index is 11.9. The van der Waals surface area contributed by atoms with Crippen LogP contribution in [0.1, 0.15) is 50.7 Å². The van der Waals surface area contributed by atoms with Crippen molar-refractivity contribution in [3.05, 3.63) is 35.5 Å². The van der Waals surface area contributed by atoms with Crippen LogP contribution in [0.2, 0.25) is 0 Å². The standard InChI is InChI=1S/C18H26N4O2/c1-6-24-18(23)17-16(19-21-20-17)15-9-7-14(8-10-15)11-22(12(2)3)13(4)5/h7-10,12-13H,6,11H2,1-5H3,(H,19,20,21). The Morgan fingerprint density at radius 1 is 1.12 bits per heavy atom. The summed E-state index contributed by atoms with van der Waals surface area (Å²) in [6, 6.07) is 9.03. The molecule has 130 valence electrons. The Bertz CT molecular complexity index is 654. The summed E-state index contributed by atoms with van der Waals surface area (Å²) in [7, 11) is 0. The molecule has 1 aromatic heterocycles. The Morgan fingerprint density at radius 2 is 1.75 bits per heavy atom. The van der Waals surface area contributed by atoms with Crippen molar-refractivity contribution >= 4 is 5.97 Å². The highest BCUT2D eigenvalue weighted by molar-refractivity contribution is 5.93. The molecule has 0 radical (unpaired) electrons. The summed E-state index contributed by atoms with van der Waals surface area (Å²) >= 11 is 0. The lowest BCUT2D eigenvalue weighted by atomic mass is 10.1. The molecule has 0 spiro atoms. The number of esters is 1. The molecule has 6 nitrogen and oxygen atoms in total. The number of hydrogen-bond donors (Lipinski definition) is 1. The van der Waals surface area contributed by atoms with E-state index in [2.05, 4.69) is 60.1 Å². The van der Waals surface area contributed by atoms with Crippen molar-refractivity contribution in [3.63, 3.8) is 0 Å². The summed E-state index contributed by atoms with van der Waals surface area (Å²) in [5.41, 5.74) is 2.80. The first-order chi connectivity index (χ1) is 11.4. The monoisotopic (exact) mass is 330 g/mol. The van der Waals surface area contributed by atoms with Gasteiger partial charge in [0.2, 0.25) is 0 Å². The van der Waals surface area contributed by atoms with Gasteiger partial charge in [-0.2, -0.15) is 10.3 Å².